The molecule has 1 fully saturated rings. The van der Waals surface area contributed by atoms with Crippen LogP contribution in [0, 0.1) is 5.92 Å². The van der Waals surface area contributed by atoms with Crippen molar-refractivity contribution in [3.8, 4) is 5.75 Å². The van der Waals surface area contributed by atoms with E-state index in [0.29, 0.717) is 19.0 Å². The van der Waals surface area contributed by atoms with Gasteiger partial charge in [0.2, 0.25) is 5.91 Å². The van der Waals surface area contributed by atoms with Gasteiger partial charge in [-0.25, -0.2) is 0 Å². The van der Waals surface area contributed by atoms with Crippen LogP contribution in [-0.2, 0) is 11.2 Å². The fourth-order valence-corrected chi connectivity index (χ4v) is 3.14. The SMILES string of the molecule is COc1ccc(CC(=O)N2CC[C@@H](N(C)C)[C@@H](CO)C2)cc1. The molecule has 0 saturated carbocycles. The lowest BCUT2D eigenvalue weighted by Gasteiger charge is -2.40. The summed E-state index contributed by atoms with van der Waals surface area (Å²) in [6, 6.07) is 7.93. The number of methoxy groups -OCH3 is 1. The van der Waals surface area contributed by atoms with Crippen LogP contribution < -0.4 is 4.74 Å². The van der Waals surface area contributed by atoms with Crippen LogP contribution in [0.5, 0.6) is 5.75 Å². The maximum absolute atomic E-state index is 12.5. The second kappa shape index (κ2) is 7.61. The van der Waals surface area contributed by atoms with E-state index in [1.54, 1.807) is 7.11 Å². The minimum absolute atomic E-state index is 0.120. The molecule has 2 rings (SSSR count). The van der Waals surface area contributed by atoms with E-state index in [2.05, 4.69) is 4.90 Å². The van der Waals surface area contributed by atoms with Crippen molar-refractivity contribution in [1.29, 1.82) is 0 Å². The number of carbonyl (C=O) groups is 1. The van der Waals surface area contributed by atoms with Gasteiger partial charge in [0.05, 0.1) is 13.5 Å². The summed E-state index contributed by atoms with van der Waals surface area (Å²) in [5.74, 6) is 1.05. The number of hydrogen-bond donors (Lipinski definition) is 1. The zero-order valence-corrected chi connectivity index (χ0v) is 13.7. The maximum Gasteiger partial charge on any atom is 0.227 e. The second-order valence-corrected chi connectivity index (χ2v) is 6.13. The summed E-state index contributed by atoms with van der Waals surface area (Å²) >= 11 is 0. The lowest BCUT2D eigenvalue weighted by atomic mass is 9.91. The van der Waals surface area contributed by atoms with Gasteiger partial charge < -0.3 is 19.6 Å². The molecule has 0 bridgehead atoms. The number of likely N-dealkylation sites (tertiary alicyclic amines) is 1. The van der Waals surface area contributed by atoms with E-state index < -0.39 is 0 Å². The highest BCUT2D eigenvalue weighted by molar-refractivity contribution is 5.79. The summed E-state index contributed by atoms with van der Waals surface area (Å²) in [5.41, 5.74) is 0.987. The Kier molecular flexibility index (Phi) is 5.80. The largest absolute Gasteiger partial charge is 0.497 e. The number of nitrogens with zero attached hydrogens (tertiary/aromatic N) is 2. The Morgan fingerprint density at radius 2 is 2.05 bits per heavy atom. The van der Waals surface area contributed by atoms with Crippen LogP contribution in [-0.4, -0.2) is 67.8 Å². The van der Waals surface area contributed by atoms with Gasteiger partial charge in [-0.15, -0.1) is 0 Å². The molecule has 1 heterocycles. The summed E-state index contributed by atoms with van der Waals surface area (Å²) in [6.07, 6.45) is 1.31. The Labute approximate surface area is 132 Å². The number of amides is 1. The molecule has 0 aliphatic carbocycles. The van der Waals surface area contributed by atoms with Crippen molar-refractivity contribution in [3.63, 3.8) is 0 Å². The van der Waals surface area contributed by atoms with Crippen molar-refractivity contribution in [2.45, 2.75) is 18.9 Å². The molecular weight excluding hydrogens is 280 g/mol. The minimum Gasteiger partial charge on any atom is -0.497 e. The predicted octanol–water partition coefficient (Wildman–Crippen LogP) is 1.01. The van der Waals surface area contributed by atoms with Crippen molar-refractivity contribution in [2.75, 3.05) is 40.9 Å². The van der Waals surface area contributed by atoms with E-state index >= 15 is 0 Å². The van der Waals surface area contributed by atoms with Crippen molar-refractivity contribution in [3.05, 3.63) is 29.8 Å². The molecule has 1 N–H and O–H groups in total. The van der Waals surface area contributed by atoms with Gasteiger partial charge in [0, 0.05) is 31.7 Å². The van der Waals surface area contributed by atoms with Gasteiger partial charge in [-0.1, -0.05) is 12.1 Å². The van der Waals surface area contributed by atoms with E-state index in [1.807, 2.05) is 43.3 Å². The lowest BCUT2D eigenvalue weighted by Crippen LogP contribution is -2.52. The molecule has 1 aromatic carbocycles. The molecule has 1 saturated heterocycles. The zero-order chi connectivity index (χ0) is 16.1. The highest BCUT2D eigenvalue weighted by atomic mass is 16.5. The van der Waals surface area contributed by atoms with Gasteiger partial charge in [0.15, 0.2) is 0 Å². The van der Waals surface area contributed by atoms with Crippen LogP contribution in [0.25, 0.3) is 0 Å². The minimum atomic E-state index is 0.120. The van der Waals surface area contributed by atoms with Gasteiger partial charge in [-0.3, -0.25) is 4.79 Å². The van der Waals surface area contributed by atoms with Crippen LogP contribution in [0.2, 0.25) is 0 Å². The molecule has 2 atom stereocenters. The average molecular weight is 306 g/mol. The third kappa shape index (κ3) is 3.99. The number of hydrogen-bond acceptors (Lipinski definition) is 4. The molecule has 0 unspecified atom stereocenters. The van der Waals surface area contributed by atoms with E-state index in [4.69, 9.17) is 4.74 Å². The fraction of sp³-hybridized carbons (Fsp3) is 0.588. The van der Waals surface area contributed by atoms with Crippen LogP contribution >= 0.6 is 0 Å². The second-order valence-electron chi connectivity index (χ2n) is 6.13. The zero-order valence-electron chi connectivity index (χ0n) is 13.7. The van der Waals surface area contributed by atoms with Gasteiger partial charge in [-0.2, -0.15) is 0 Å². The quantitative estimate of drug-likeness (QED) is 0.882. The average Bonchev–Trinajstić information content (AvgIpc) is 2.54. The first-order valence-corrected chi connectivity index (χ1v) is 7.73. The first-order valence-electron chi connectivity index (χ1n) is 7.73. The van der Waals surface area contributed by atoms with E-state index in [0.717, 1.165) is 24.3 Å². The van der Waals surface area contributed by atoms with Crippen molar-refractivity contribution in [2.24, 2.45) is 5.92 Å². The standard InChI is InChI=1S/C17H26N2O3/c1-18(2)16-8-9-19(11-14(16)12-20)17(21)10-13-4-6-15(22-3)7-5-13/h4-7,14,16,20H,8-12H2,1-3H3/t14-,16-/m1/s1. The van der Waals surface area contributed by atoms with Crippen LogP contribution in [0.15, 0.2) is 24.3 Å². The summed E-state index contributed by atoms with van der Waals surface area (Å²) in [7, 11) is 5.69. The molecule has 1 aromatic rings. The smallest absolute Gasteiger partial charge is 0.227 e. The van der Waals surface area contributed by atoms with Gasteiger partial charge in [-0.05, 0) is 38.2 Å². The number of aliphatic hydroxyl groups is 1. The topological polar surface area (TPSA) is 53.0 Å². The first kappa shape index (κ1) is 16.8. The Morgan fingerprint density at radius 1 is 1.36 bits per heavy atom. The normalized spacial score (nSPS) is 22.0. The number of piperidine rings is 1. The molecule has 122 valence electrons. The predicted molar refractivity (Wildman–Crippen MR) is 85.9 cm³/mol. The maximum atomic E-state index is 12.5. The third-order valence-electron chi connectivity index (χ3n) is 4.46. The number of carbonyl (C=O) groups excluding carboxylic acids is 1. The highest BCUT2D eigenvalue weighted by Gasteiger charge is 2.32. The Morgan fingerprint density at radius 3 is 2.59 bits per heavy atom. The summed E-state index contributed by atoms with van der Waals surface area (Å²) in [6.45, 7) is 1.51. The van der Waals surface area contributed by atoms with Gasteiger partial charge >= 0.3 is 0 Å². The Balaban J connectivity index is 1.95. The van der Waals surface area contributed by atoms with E-state index in [-0.39, 0.29) is 18.4 Å². The Hall–Kier alpha value is -1.59. The van der Waals surface area contributed by atoms with Crippen LogP contribution in [0.3, 0.4) is 0 Å². The van der Waals surface area contributed by atoms with Gasteiger partial charge in [0.1, 0.15) is 5.75 Å². The van der Waals surface area contributed by atoms with E-state index in [1.165, 1.54) is 0 Å². The molecular formula is C17H26N2O3. The fourth-order valence-electron chi connectivity index (χ4n) is 3.14. The van der Waals surface area contributed by atoms with Crippen LogP contribution in [0.4, 0.5) is 0 Å². The molecule has 1 aliphatic heterocycles. The number of aliphatic hydroxyl groups excluding tert-OH is 1. The van der Waals surface area contributed by atoms with Crippen LogP contribution in [0.1, 0.15) is 12.0 Å². The van der Waals surface area contributed by atoms with E-state index in [9.17, 15) is 9.90 Å². The number of rotatable bonds is 5. The molecule has 5 nitrogen and oxygen atoms in total. The lowest BCUT2D eigenvalue weighted by molar-refractivity contribution is -0.133. The molecule has 0 aromatic heterocycles. The summed E-state index contributed by atoms with van der Waals surface area (Å²) in [4.78, 5) is 16.5. The molecule has 0 radical (unpaired) electrons. The Bertz CT molecular complexity index is 487. The van der Waals surface area contributed by atoms with Gasteiger partial charge in [0.25, 0.3) is 0 Å². The molecule has 1 aliphatic rings. The monoisotopic (exact) mass is 306 g/mol. The molecule has 0 spiro atoms. The first-order chi connectivity index (χ1) is 10.5. The van der Waals surface area contributed by atoms with Crippen molar-refractivity contribution in [1.82, 2.24) is 9.80 Å². The number of ether oxygens (including phenoxy) is 1. The number of benzene rings is 1. The molecule has 1 amide bonds. The summed E-state index contributed by atoms with van der Waals surface area (Å²) in [5, 5.41) is 9.58. The third-order valence-corrected chi connectivity index (χ3v) is 4.46. The highest BCUT2D eigenvalue weighted by Crippen LogP contribution is 2.21. The van der Waals surface area contributed by atoms with Crippen molar-refractivity contribution < 1.29 is 14.6 Å². The summed E-state index contributed by atoms with van der Waals surface area (Å²) < 4.78 is 5.13. The van der Waals surface area contributed by atoms with Crippen molar-refractivity contribution >= 4 is 5.91 Å². The molecule has 5 heteroatoms. The molecule has 22 heavy (non-hydrogen) atoms.